The molecule has 0 aromatic rings. The van der Waals surface area contributed by atoms with Crippen molar-refractivity contribution < 1.29 is 4.79 Å². The molecule has 0 spiro atoms. The number of hydrogen-bond donors (Lipinski definition) is 1. The number of rotatable bonds is 7. The summed E-state index contributed by atoms with van der Waals surface area (Å²) in [5.41, 5.74) is 5.81. The summed E-state index contributed by atoms with van der Waals surface area (Å²) in [6.07, 6.45) is 9.19. The molecule has 0 aliphatic heterocycles. The van der Waals surface area contributed by atoms with Crippen LogP contribution in [0.3, 0.4) is 0 Å². The van der Waals surface area contributed by atoms with Gasteiger partial charge in [-0.1, -0.05) is 38.8 Å². The Morgan fingerprint density at radius 3 is 2.24 bits per heavy atom. The van der Waals surface area contributed by atoms with Crippen LogP contribution in [0.25, 0.3) is 0 Å². The van der Waals surface area contributed by atoms with Gasteiger partial charge in [-0.25, -0.2) is 0 Å². The predicted molar refractivity (Wildman–Crippen MR) is 71.6 cm³/mol. The Bertz CT molecular complexity index is 255. The van der Waals surface area contributed by atoms with E-state index in [0.29, 0.717) is 0 Å². The second-order valence-electron chi connectivity index (χ2n) is 4.92. The first-order chi connectivity index (χ1) is 8.19. The van der Waals surface area contributed by atoms with Crippen LogP contribution in [0.1, 0.15) is 46.0 Å². The average molecular weight is 238 g/mol. The maximum atomic E-state index is 12.3. The van der Waals surface area contributed by atoms with Gasteiger partial charge in [0.25, 0.3) is 0 Å². The molecule has 1 aliphatic rings. The van der Waals surface area contributed by atoms with Crippen LogP contribution >= 0.6 is 0 Å². The van der Waals surface area contributed by atoms with Crippen molar-refractivity contribution >= 4 is 5.91 Å². The molecule has 3 nitrogen and oxygen atoms in total. The molecule has 0 radical (unpaired) electrons. The first-order valence-electron chi connectivity index (χ1n) is 6.91. The fourth-order valence-corrected chi connectivity index (χ4v) is 2.17. The third kappa shape index (κ3) is 4.50. The van der Waals surface area contributed by atoms with Crippen molar-refractivity contribution in [1.29, 1.82) is 0 Å². The fourth-order valence-electron chi connectivity index (χ4n) is 2.17. The molecule has 0 fully saturated rings. The number of carbonyl (C=O) groups excluding carboxylic acids is 1. The Kier molecular flexibility index (Phi) is 6.27. The normalized spacial score (nSPS) is 23.0. The molecule has 0 aromatic carbocycles. The van der Waals surface area contributed by atoms with Crippen molar-refractivity contribution in [3.8, 4) is 0 Å². The number of amides is 1. The molecule has 98 valence electrons. The Morgan fingerprint density at radius 2 is 1.82 bits per heavy atom. The van der Waals surface area contributed by atoms with Crippen LogP contribution in [0.4, 0.5) is 0 Å². The van der Waals surface area contributed by atoms with Crippen molar-refractivity contribution in [2.75, 3.05) is 13.1 Å². The molecule has 2 unspecified atom stereocenters. The Labute approximate surface area is 105 Å². The van der Waals surface area contributed by atoms with Gasteiger partial charge in [-0.05, 0) is 19.3 Å². The Hall–Kier alpha value is -0.830. The molecular formula is C14H26N2O. The molecule has 1 aliphatic carbocycles. The molecule has 2 atom stereocenters. The van der Waals surface area contributed by atoms with Gasteiger partial charge in [-0.3, -0.25) is 4.79 Å². The van der Waals surface area contributed by atoms with Gasteiger partial charge in [0.1, 0.15) is 0 Å². The lowest BCUT2D eigenvalue weighted by Gasteiger charge is -2.25. The van der Waals surface area contributed by atoms with Crippen LogP contribution in [0.5, 0.6) is 0 Å². The lowest BCUT2D eigenvalue weighted by Crippen LogP contribution is -2.37. The van der Waals surface area contributed by atoms with E-state index in [1.165, 1.54) is 0 Å². The van der Waals surface area contributed by atoms with E-state index in [9.17, 15) is 4.79 Å². The standard InChI is InChI=1S/C14H26N2O/c1-3-5-9-16(10-6-4-2)14(17)12-7-8-13(15)11-12/h7-8,12-13H,3-6,9-11,15H2,1-2H3. The van der Waals surface area contributed by atoms with Crippen LogP contribution in [0, 0.1) is 5.92 Å². The van der Waals surface area contributed by atoms with Crippen LogP contribution in [0.2, 0.25) is 0 Å². The zero-order chi connectivity index (χ0) is 12.7. The summed E-state index contributed by atoms with van der Waals surface area (Å²) in [7, 11) is 0. The minimum Gasteiger partial charge on any atom is -0.342 e. The zero-order valence-corrected chi connectivity index (χ0v) is 11.2. The number of nitrogens with two attached hydrogens (primary N) is 1. The lowest BCUT2D eigenvalue weighted by molar-refractivity contribution is -0.134. The molecule has 0 saturated carbocycles. The van der Waals surface area contributed by atoms with Crippen molar-refractivity contribution in [3.63, 3.8) is 0 Å². The maximum absolute atomic E-state index is 12.3. The number of carbonyl (C=O) groups is 1. The SMILES string of the molecule is CCCCN(CCCC)C(=O)C1C=CC(N)C1. The van der Waals surface area contributed by atoms with E-state index in [2.05, 4.69) is 13.8 Å². The lowest BCUT2D eigenvalue weighted by atomic mass is 10.1. The minimum atomic E-state index is 0.0266. The monoisotopic (exact) mass is 238 g/mol. The van der Waals surface area contributed by atoms with Gasteiger partial charge in [0.05, 0.1) is 5.92 Å². The van der Waals surface area contributed by atoms with E-state index in [1.54, 1.807) is 0 Å². The first-order valence-corrected chi connectivity index (χ1v) is 6.91. The molecule has 1 amide bonds. The first kappa shape index (κ1) is 14.2. The summed E-state index contributed by atoms with van der Waals surface area (Å²) in [6, 6.07) is 0.0724. The third-order valence-corrected chi connectivity index (χ3v) is 3.31. The number of unbranched alkanes of at least 4 members (excludes halogenated alkanes) is 2. The molecular weight excluding hydrogens is 212 g/mol. The van der Waals surface area contributed by atoms with Crippen molar-refractivity contribution in [2.24, 2.45) is 11.7 Å². The quantitative estimate of drug-likeness (QED) is 0.692. The van der Waals surface area contributed by atoms with Crippen LogP contribution in [-0.2, 0) is 4.79 Å². The fraction of sp³-hybridized carbons (Fsp3) is 0.786. The van der Waals surface area contributed by atoms with Crippen LogP contribution < -0.4 is 5.73 Å². The van der Waals surface area contributed by atoms with Gasteiger partial charge in [0.15, 0.2) is 0 Å². The largest absolute Gasteiger partial charge is 0.342 e. The van der Waals surface area contributed by atoms with Gasteiger partial charge in [0, 0.05) is 19.1 Å². The molecule has 0 bridgehead atoms. The van der Waals surface area contributed by atoms with Gasteiger partial charge < -0.3 is 10.6 Å². The molecule has 17 heavy (non-hydrogen) atoms. The molecule has 0 aromatic heterocycles. The zero-order valence-electron chi connectivity index (χ0n) is 11.2. The van der Waals surface area contributed by atoms with E-state index in [1.807, 2.05) is 17.1 Å². The van der Waals surface area contributed by atoms with Gasteiger partial charge >= 0.3 is 0 Å². The van der Waals surface area contributed by atoms with Crippen LogP contribution in [-0.4, -0.2) is 29.9 Å². The van der Waals surface area contributed by atoms with E-state index in [4.69, 9.17) is 5.73 Å². The maximum Gasteiger partial charge on any atom is 0.229 e. The summed E-state index contributed by atoms with van der Waals surface area (Å²) in [4.78, 5) is 14.3. The van der Waals surface area contributed by atoms with Crippen molar-refractivity contribution in [1.82, 2.24) is 4.90 Å². The highest BCUT2D eigenvalue weighted by molar-refractivity contribution is 5.81. The summed E-state index contributed by atoms with van der Waals surface area (Å²) in [5, 5.41) is 0. The topological polar surface area (TPSA) is 46.3 Å². The van der Waals surface area contributed by atoms with E-state index < -0.39 is 0 Å². The van der Waals surface area contributed by atoms with E-state index >= 15 is 0 Å². The highest BCUT2D eigenvalue weighted by Gasteiger charge is 2.26. The van der Waals surface area contributed by atoms with Crippen LogP contribution in [0.15, 0.2) is 12.2 Å². The second kappa shape index (κ2) is 7.49. The minimum absolute atomic E-state index is 0.0266. The molecule has 0 heterocycles. The Balaban J connectivity index is 2.49. The molecule has 1 rings (SSSR count). The van der Waals surface area contributed by atoms with Crippen molar-refractivity contribution in [3.05, 3.63) is 12.2 Å². The summed E-state index contributed by atoms with van der Waals surface area (Å²) in [6.45, 7) is 6.12. The highest BCUT2D eigenvalue weighted by atomic mass is 16.2. The number of nitrogens with zero attached hydrogens (tertiary/aromatic N) is 1. The van der Waals surface area contributed by atoms with Crippen molar-refractivity contribution in [2.45, 2.75) is 52.0 Å². The number of hydrogen-bond acceptors (Lipinski definition) is 2. The van der Waals surface area contributed by atoms with Gasteiger partial charge in [-0.15, -0.1) is 0 Å². The van der Waals surface area contributed by atoms with E-state index in [0.717, 1.165) is 45.2 Å². The highest BCUT2D eigenvalue weighted by Crippen LogP contribution is 2.19. The smallest absolute Gasteiger partial charge is 0.229 e. The van der Waals surface area contributed by atoms with Gasteiger partial charge in [-0.2, -0.15) is 0 Å². The molecule has 0 saturated heterocycles. The van der Waals surface area contributed by atoms with Gasteiger partial charge in [0.2, 0.25) is 5.91 Å². The average Bonchev–Trinajstić information content (AvgIpc) is 2.75. The summed E-state index contributed by atoms with van der Waals surface area (Å²) >= 11 is 0. The molecule has 2 N–H and O–H groups in total. The second-order valence-corrected chi connectivity index (χ2v) is 4.92. The molecule has 3 heteroatoms. The Morgan fingerprint density at radius 1 is 1.24 bits per heavy atom. The third-order valence-electron chi connectivity index (χ3n) is 3.31. The predicted octanol–water partition coefficient (Wildman–Crippen LogP) is 2.32. The van der Waals surface area contributed by atoms with E-state index in [-0.39, 0.29) is 17.9 Å². The summed E-state index contributed by atoms with van der Waals surface area (Å²) in [5.74, 6) is 0.301. The summed E-state index contributed by atoms with van der Waals surface area (Å²) < 4.78 is 0.